The maximum absolute atomic E-state index is 12.8. The van der Waals surface area contributed by atoms with E-state index in [2.05, 4.69) is 5.32 Å². The summed E-state index contributed by atoms with van der Waals surface area (Å²) in [6.45, 7) is 0.309. The smallest absolute Gasteiger partial charge is 0.417 e. The van der Waals surface area contributed by atoms with E-state index in [1.54, 1.807) is 12.1 Å². The topological polar surface area (TPSA) is 56.0 Å². The first-order valence-electron chi connectivity index (χ1n) is 6.03. The van der Waals surface area contributed by atoms with E-state index in [0.29, 0.717) is 6.54 Å². The van der Waals surface area contributed by atoms with Crippen molar-refractivity contribution in [3.63, 3.8) is 0 Å². The number of rotatable bonds is 3. The molecule has 0 amide bonds. The second kappa shape index (κ2) is 5.75. The van der Waals surface area contributed by atoms with Crippen LogP contribution in [0.2, 0.25) is 0 Å². The maximum Gasteiger partial charge on any atom is 0.417 e. The van der Waals surface area contributed by atoms with Gasteiger partial charge in [-0.2, -0.15) is 18.4 Å². The molecule has 0 unspecified atom stereocenters. The van der Waals surface area contributed by atoms with Crippen LogP contribution < -0.4 is 5.32 Å². The molecule has 2 rings (SSSR count). The normalized spacial score (nSPS) is 11.0. The van der Waals surface area contributed by atoms with Crippen molar-refractivity contribution < 1.29 is 18.3 Å². The van der Waals surface area contributed by atoms with Gasteiger partial charge in [0.15, 0.2) is 0 Å². The van der Waals surface area contributed by atoms with Gasteiger partial charge in [-0.15, -0.1) is 0 Å². The summed E-state index contributed by atoms with van der Waals surface area (Å²) < 4.78 is 38.4. The third-order valence-electron chi connectivity index (χ3n) is 2.88. The Kier molecular flexibility index (Phi) is 4.03. The fourth-order valence-corrected chi connectivity index (χ4v) is 1.80. The quantitative estimate of drug-likeness (QED) is 0.902. The molecule has 2 N–H and O–H groups in total. The first-order chi connectivity index (χ1) is 9.90. The number of halogens is 3. The van der Waals surface area contributed by atoms with Crippen LogP contribution in [0.3, 0.4) is 0 Å². The fourth-order valence-electron chi connectivity index (χ4n) is 1.80. The molecular formula is C15H11F3N2O. The molecular weight excluding hydrogens is 281 g/mol. The van der Waals surface area contributed by atoms with Gasteiger partial charge >= 0.3 is 6.18 Å². The summed E-state index contributed by atoms with van der Waals surface area (Å²) in [5, 5.41) is 20.7. The first kappa shape index (κ1) is 14.7. The molecule has 0 aliphatic rings. The summed E-state index contributed by atoms with van der Waals surface area (Å²) in [6, 6.07) is 11.3. The monoisotopic (exact) mass is 292 g/mol. The summed E-state index contributed by atoms with van der Waals surface area (Å²) in [4.78, 5) is 0. The van der Waals surface area contributed by atoms with E-state index < -0.39 is 17.3 Å². The van der Waals surface area contributed by atoms with Crippen molar-refractivity contribution in [1.82, 2.24) is 0 Å². The second-order valence-electron chi connectivity index (χ2n) is 4.39. The zero-order chi connectivity index (χ0) is 15.5. The van der Waals surface area contributed by atoms with E-state index in [9.17, 15) is 13.2 Å². The van der Waals surface area contributed by atoms with E-state index >= 15 is 0 Å². The minimum atomic E-state index is -4.57. The molecule has 108 valence electrons. The van der Waals surface area contributed by atoms with E-state index in [1.165, 1.54) is 24.3 Å². The molecule has 2 aromatic carbocycles. The first-order valence-corrected chi connectivity index (χ1v) is 6.03. The third kappa shape index (κ3) is 3.66. The highest BCUT2D eigenvalue weighted by Crippen LogP contribution is 2.33. The Morgan fingerprint density at radius 2 is 1.76 bits per heavy atom. The number of hydrogen-bond donors (Lipinski definition) is 2. The van der Waals surface area contributed by atoms with Gasteiger partial charge in [0.2, 0.25) is 0 Å². The van der Waals surface area contributed by atoms with E-state index in [0.717, 1.165) is 17.7 Å². The standard InChI is InChI=1S/C15H11F3N2O/c16-15(17,18)14-7-12(4-3-11(14)8-19)20-9-10-1-5-13(21)6-2-10/h1-7,20-21H,9H2. The molecule has 6 heteroatoms. The van der Waals surface area contributed by atoms with Gasteiger partial charge in [-0.1, -0.05) is 12.1 Å². The Hall–Kier alpha value is -2.68. The number of aromatic hydroxyl groups is 1. The molecule has 0 aliphatic carbocycles. The molecule has 0 heterocycles. The molecule has 0 aliphatic heterocycles. The number of phenolic OH excluding ortho intramolecular Hbond substituents is 1. The molecule has 0 atom stereocenters. The average molecular weight is 292 g/mol. The highest BCUT2D eigenvalue weighted by molar-refractivity contribution is 5.53. The molecule has 0 bridgehead atoms. The summed E-state index contributed by atoms with van der Waals surface area (Å²) >= 11 is 0. The largest absolute Gasteiger partial charge is 0.508 e. The number of nitrogens with one attached hydrogen (secondary N) is 1. The van der Waals surface area contributed by atoms with Crippen LogP contribution in [0.5, 0.6) is 5.75 Å². The molecule has 0 aromatic heterocycles. The van der Waals surface area contributed by atoms with Gasteiger partial charge in [0, 0.05) is 12.2 Å². The number of nitrogens with zero attached hydrogens (tertiary/aromatic N) is 1. The summed E-state index contributed by atoms with van der Waals surface area (Å²) in [6.07, 6.45) is -4.57. The fraction of sp³-hybridized carbons (Fsp3) is 0.133. The Balaban J connectivity index is 2.18. The van der Waals surface area contributed by atoms with Crippen LogP contribution in [-0.4, -0.2) is 5.11 Å². The number of nitriles is 1. The lowest BCUT2D eigenvalue weighted by Gasteiger charge is -2.12. The lowest BCUT2D eigenvalue weighted by atomic mass is 10.1. The number of hydrogen-bond acceptors (Lipinski definition) is 3. The molecule has 0 saturated heterocycles. The highest BCUT2D eigenvalue weighted by atomic mass is 19.4. The van der Waals surface area contributed by atoms with E-state index in [4.69, 9.17) is 10.4 Å². The van der Waals surface area contributed by atoms with Gasteiger partial charge in [-0.25, -0.2) is 0 Å². The molecule has 0 spiro atoms. The van der Waals surface area contributed by atoms with Crippen molar-refractivity contribution in [2.24, 2.45) is 0 Å². The van der Waals surface area contributed by atoms with Crippen LogP contribution >= 0.6 is 0 Å². The minimum absolute atomic E-state index is 0.122. The van der Waals surface area contributed by atoms with Crippen molar-refractivity contribution in [3.05, 3.63) is 59.2 Å². The van der Waals surface area contributed by atoms with Gasteiger partial charge < -0.3 is 10.4 Å². The molecule has 3 nitrogen and oxygen atoms in total. The zero-order valence-corrected chi connectivity index (χ0v) is 10.8. The predicted molar refractivity (Wildman–Crippen MR) is 71.6 cm³/mol. The Morgan fingerprint density at radius 3 is 2.33 bits per heavy atom. The van der Waals surface area contributed by atoms with Crippen LogP contribution in [0.4, 0.5) is 18.9 Å². The van der Waals surface area contributed by atoms with E-state index in [-0.39, 0.29) is 11.4 Å². The van der Waals surface area contributed by atoms with Crippen molar-refractivity contribution in [1.29, 1.82) is 5.26 Å². The lowest BCUT2D eigenvalue weighted by molar-refractivity contribution is -0.137. The van der Waals surface area contributed by atoms with E-state index in [1.807, 2.05) is 0 Å². The maximum atomic E-state index is 12.8. The van der Waals surface area contributed by atoms with Crippen molar-refractivity contribution >= 4 is 5.69 Å². The average Bonchev–Trinajstić information content (AvgIpc) is 2.45. The van der Waals surface area contributed by atoms with Gasteiger partial charge in [-0.05, 0) is 35.9 Å². The lowest BCUT2D eigenvalue weighted by Crippen LogP contribution is -2.09. The SMILES string of the molecule is N#Cc1ccc(NCc2ccc(O)cc2)cc1C(F)(F)F. The zero-order valence-electron chi connectivity index (χ0n) is 10.8. The van der Waals surface area contributed by atoms with Crippen molar-refractivity contribution in [2.75, 3.05) is 5.32 Å². The summed E-state index contributed by atoms with van der Waals surface area (Å²) in [5.41, 5.74) is -0.279. The number of anilines is 1. The number of alkyl halides is 3. The highest BCUT2D eigenvalue weighted by Gasteiger charge is 2.33. The van der Waals surface area contributed by atoms with Crippen molar-refractivity contribution in [2.45, 2.75) is 12.7 Å². The summed E-state index contributed by atoms with van der Waals surface area (Å²) in [5.74, 6) is 0.122. The van der Waals surface area contributed by atoms with Gasteiger partial charge in [-0.3, -0.25) is 0 Å². The van der Waals surface area contributed by atoms with Crippen LogP contribution in [0.1, 0.15) is 16.7 Å². The predicted octanol–water partition coefficient (Wildman–Crippen LogP) is 3.89. The van der Waals surface area contributed by atoms with Gasteiger partial charge in [0.1, 0.15) is 5.75 Å². The summed E-state index contributed by atoms with van der Waals surface area (Å²) in [7, 11) is 0. The molecule has 0 radical (unpaired) electrons. The molecule has 2 aromatic rings. The van der Waals surface area contributed by atoms with Crippen LogP contribution in [-0.2, 0) is 12.7 Å². The third-order valence-corrected chi connectivity index (χ3v) is 2.88. The van der Waals surface area contributed by atoms with Crippen molar-refractivity contribution in [3.8, 4) is 11.8 Å². The molecule has 21 heavy (non-hydrogen) atoms. The minimum Gasteiger partial charge on any atom is -0.508 e. The van der Waals surface area contributed by atoms with Gasteiger partial charge in [0.25, 0.3) is 0 Å². The number of benzene rings is 2. The molecule has 0 fully saturated rings. The molecule has 0 saturated carbocycles. The Labute approximate surface area is 119 Å². The van der Waals surface area contributed by atoms with Crippen LogP contribution in [0.15, 0.2) is 42.5 Å². The Morgan fingerprint density at radius 1 is 1.10 bits per heavy atom. The second-order valence-corrected chi connectivity index (χ2v) is 4.39. The Bertz CT molecular complexity index is 673. The van der Waals surface area contributed by atoms with Crippen LogP contribution in [0.25, 0.3) is 0 Å². The van der Waals surface area contributed by atoms with Gasteiger partial charge in [0.05, 0.1) is 17.2 Å². The number of phenols is 1. The van der Waals surface area contributed by atoms with Crippen LogP contribution in [0, 0.1) is 11.3 Å².